The highest BCUT2D eigenvalue weighted by Crippen LogP contribution is 2.47. The lowest BCUT2D eigenvalue weighted by molar-refractivity contribution is -0.145. The van der Waals surface area contributed by atoms with Crippen molar-refractivity contribution in [3.63, 3.8) is 0 Å². The molecule has 0 N–H and O–H groups in total. The van der Waals surface area contributed by atoms with Crippen LogP contribution in [0.2, 0.25) is 0 Å². The minimum atomic E-state index is -0.704. The summed E-state index contributed by atoms with van der Waals surface area (Å²) in [5, 5.41) is 0. The molecule has 154 valence electrons. The number of methoxy groups -OCH3 is 2. The molecule has 29 heavy (non-hydrogen) atoms. The first-order chi connectivity index (χ1) is 13.9. The summed E-state index contributed by atoms with van der Waals surface area (Å²) in [6.45, 7) is 5.51. The van der Waals surface area contributed by atoms with Crippen LogP contribution < -0.4 is 9.47 Å². The maximum atomic E-state index is 13.0. The quantitative estimate of drug-likeness (QED) is 0.464. The molecule has 1 aliphatic heterocycles. The molecule has 6 nitrogen and oxygen atoms in total. The number of allylic oxidation sites excluding steroid dienone is 2. The van der Waals surface area contributed by atoms with Gasteiger partial charge >= 0.3 is 5.97 Å². The van der Waals surface area contributed by atoms with Gasteiger partial charge in [0.05, 0.1) is 14.2 Å². The first-order valence-electron chi connectivity index (χ1n) is 9.43. The lowest BCUT2D eigenvalue weighted by Gasteiger charge is -2.35. The molecule has 0 aromatic heterocycles. The number of benzene rings is 1. The average Bonchev–Trinajstić information content (AvgIpc) is 2.71. The van der Waals surface area contributed by atoms with Crippen molar-refractivity contribution in [2.24, 2.45) is 10.9 Å². The van der Waals surface area contributed by atoms with Crippen LogP contribution in [-0.2, 0) is 14.3 Å². The third kappa shape index (κ3) is 4.01. The molecule has 1 unspecified atom stereocenters. The smallest absolute Gasteiger partial charge is 0.315 e. The summed E-state index contributed by atoms with van der Waals surface area (Å²) in [5.74, 6) is -0.542. The first kappa shape index (κ1) is 21.3. The predicted molar refractivity (Wildman–Crippen MR) is 114 cm³/mol. The Kier molecular flexibility index (Phi) is 6.57. The number of esters is 1. The molecule has 7 heteroatoms. The molecule has 1 aromatic carbocycles. The van der Waals surface area contributed by atoms with Gasteiger partial charge in [-0.15, -0.1) is 0 Å². The van der Waals surface area contributed by atoms with Crippen molar-refractivity contribution in [3.05, 3.63) is 46.1 Å². The van der Waals surface area contributed by atoms with E-state index in [-0.39, 0.29) is 12.4 Å². The van der Waals surface area contributed by atoms with Gasteiger partial charge in [-0.3, -0.25) is 14.6 Å². The summed E-state index contributed by atoms with van der Waals surface area (Å²) in [7, 11) is 3.11. The van der Waals surface area contributed by atoms with Crippen LogP contribution in [0.4, 0.5) is 0 Å². The standard InChI is InChI=1S/C22H24BrNO5/c1-5-9-29-22(26)19-12(2)24-15-7-6-8-16(25)21(15)20(19)13-10-17(27-3)18(28-4)11-14(13)23/h5,10-11,19-20H,1,6-9H2,2-4H3/t19?,20-/m1/s1. The summed E-state index contributed by atoms with van der Waals surface area (Å²) in [6.07, 6.45) is 3.45. The molecule has 0 amide bonds. The summed E-state index contributed by atoms with van der Waals surface area (Å²) < 4.78 is 16.9. The molecule has 1 heterocycles. The number of nitrogens with zero attached hydrogens (tertiary/aromatic N) is 1. The van der Waals surface area contributed by atoms with Crippen LogP contribution in [0, 0.1) is 5.92 Å². The molecule has 0 radical (unpaired) electrons. The van der Waals surface area contributed by atoms with Crippen molar-refractivity contribution in [2.45, 2.75) is 32.1 Å². The van der Waals surface area contributed by atoms with Crippen LogP contribution in [0.5, 0.6) is 11.5 Å². The highest BCUT2D eigenvalue weighted by Gasteiger charge is 2.44. The number of hydrogen-bond acceptors (Lipinski definition) is 6. The van der Waals surface area contributed by atoms with E-state index < -0.39 is 17.8 Å². The largest absolute Gasteiger partial charge is 0.493 e. The van der Waals surface area contributed by atoms with Crippen LogP contribution in [0.15, 0.2) is 45.5 Å². The SMILES string of the molecule is C=CCOC(=O)C1C(C)=NC2=C(C(=O)CCC2)[C@@H]1c1cc(OC)c(OC)cc1Br. The lowest BCUT2D eigenvalue weighted by Crippen LogP contribution is -2.37. The van der Waals surface area contributed by atoms with E-state index in [1.807, 2.05) is 13.0 Å². The normalized spacial score (nSPS) is 21.2. The molecular formula is C22H24BrNO5. The topological polar surface area (TPSA) is 74.2 Å². The highest BCUT2D eigenvalue weighted by molar-refractivity contribution is 9.10. The minimum Gasteiger partial charge on any atom is -0.493 e. The zero-order chi connectivity index (χ0) is 21.1. The number of Topliss-reactive ketones (excluding diaryl/α,β-unsaturated/α-hetero) is 1. The van der Waals surface area contributed by atoms with Crippen LogP contribution in [0.1, 0.15) is 37.7 Å². The van der Waals surface area contributed by atoms with E-state index in [9.17, 15) is 9.59 Å². The maximum Gasteiger partial charge on any atom is 0.315 e. The van der Waals surface area contributed by atoms with Crippen molar-refractivity contribution in [2.75, 3.05) is 20.8 Å². The van der Waals surface area contributed by atoms with Gasteiger partial charge in [-0.25, -0.2) is 0 Å². The van der Waals surface area contributed by atoms with Crippen LogP contribution in [0.3, 0.4) is 0 Å². The fourth-order valence-corrected chi connectivity index (χ4v) is 4.56. The maximum absolute atomic E-state index is 13.0. The van der Waals surface area contributed by atoms with Crippen molar-refractivity contribution >= 4 is 33.4 Å². The van der Waals surface area contributed by atoms with Gasteiger partial charge < -0.3 is 14.2 Å². The molecule has 3 rings (SSSR count). The van der Waals surface area contributed by atoms with E-state index >= 15 is 0 Å². The minimum absolute atomic E-state index is 0.0238. The van der Waals surface area contributed by atoms with Gasteiger partial charge in [0.15, 0.2) is 17.3 Å². The second-order valence-corrected chi connectivity index (χ2v) is 7.85. The number of ether oxygens (including phenoxy) is 3. The van der Waals surface area contributed by atoms with Crippen molar-refractivity contribution in [1.29, 1.82) is 0 Å². The molecule has 0 bridgehead atoms. The van der Waals surface area contributed by atoms with E-state index in [2.05, 4.69) is 27.5 Å². The molecule has 2 atom stereocenters. The van der Waals surface area contributed by atoms with Gasteiger partial charge in [0.25, 0.3) is 0 Å². The zero-order valence-electron chi connectivity index (χ0n) is 16.8. The Morgan fingerprint density at radius 1 is 1.28 bits per heavy atom. The molecule has 1 aliphatic carbocycles. The van der Waals surface area contributed by atoms with E-state index in [1.165, 1.54) is 6.08 Å². The molecule has 0 saturated heterocycles. The Bertz CT molecular complexity index is 918. The number of hydrogen-bond donors (Lipinski definition) is 0. The second-order valence-electron chi connectivity index (χ2n) is 6.99. The number of ketones is 1. The van der Waals surface area contributed by atoms with E-state index in [0.29, 0.717) is 35.6 Å². The lowest BCUT2D eigenvalue weighted by atomic mass is 9.71. The Labute approximate surface area is 178 Å². The first-order valence-corrected chi connectivity index (χ1v) is 10.2. The third-order valence-corrected chi connectivity index (χ3v) is 5.96. The van der Waals surface area contributed by atoms with Gasteiger partial charge in [-0.2, -0.15) is 0 Å². The van der Waals surface area contributed by atoms with Crippen LogP contribution in [0.25, 0.3) is 0 Å². The Balaban J connectivity index is 2.20. The van der Waals surface area contributed by atoms with Crippen LogP contribution >= 0.6 is 15.9 Å². The summed E-state index contributed by atoms with van der Waals surface area (Å²) in [5.41, 5.74) is 2.76. The highest BCUT2D eigenvalue weighted by atomic mass is 79.9. The summed E-state index contributed by atoms with van der Waals surface area (Å²) in [6, 6.07) is 3.60. The number of aliphatic imine (C=N–C) groups is 1. The van der Waals surface area contributed by atoms with Gasteiger partial charge in [0, 0.05) is 33.8 Å². The molecule has 0 fully saturated rings. The third-order valence-electron chi connectivity index (χ3n) is 5.27. The number of halogens is 1. The molecule has 0 saturated carbocycles. The molecule has 2 aliphatic rings. The van der Waals surface area contributed by atoms with E-state index in [0.717, 1.165) is 22.2 Å². The van der Waals surface area contributed by atoms with Gasteiger partial charge in [0.1, 0.15) is 12.5 Å². The average molecular weight is 462 g/mol. The van der Waals surface area contributed by atoms with E-state index in [1.54, 1.807) is 20.3 Å². The molecule has 1 aromatic rings. The number of carbonyl (C=O) groups is 2. The Hall–Kier alpha value is -2.41. The van der Waals surface area contributed by atoms with E-state index in [4.69, 9.17) is 14.2 Å². The predicted octanol–water partition coefficient (Wildman–Crippen LogP) is 4.38. The number of rotatable bonds is 6. The van der Waals surface area contributed by atoms with Crippen molar-refractivity contribution in [1.82, 2.24) is 0 Å². The van der Waals surface area contributed by atoms with Gasteiger partial charge in [-0.1, -0.05) is 28.6 Å². The van der Waals surface area contributed by atoms with Crippen molar-refractivity contribution < 1.29 is 23.8 Å². The Morgan fingerprint density at radius 3 is 2.62 bits per heavy atom. The summed E-state index contributed by atoms with van der Waals surface area (Å²) >= 11 is 3.59. The fourth-order valence-electron chi connectivity index (χ4n) is 3.99. The monoisotopic (exact) mass is 461 g/mol. The number of carbonyl (C=O) groups excluding carboxylic acids is 2. The van der Waals surface area contributed by atoms with Gasteiger partial charge in [-0.05, 0) is 37.5 Å². The zero-order valence-corrected chi connectivity index (χ0v) is 18.4. The van der Waals surface area contributed by atoms with Crippen LogP contribution in [-0.4, -0.2) is 38.3 Å². The summed E-state index contributed by atoms with van der Waals surface area (Å²) in [4.78, 5) is 30.5. The molecule has 0 spiro atoms. The fraction of sp³-hybridized carbons (Fsp3) is 0.409. The second kappa shape index (κ2) is 8.95. The van der Waals surface area contributed by atoms with Crippen molar-refractivity contribution in [3.8, 4) is 11.5 Å². The Morgan fingerprint density at radius 2 is 1.97 bits per heavy atom. The molecular weight excluding hydrogens is 438 g/mol. The van der Waals surface area contributed by atoms with Gasteiger partial charge in [0.2, 0.25) is 0 Å².